The Morgan fingerprint density at radius 1 is 1.00 bits per heavy atom. The van der Waals surface area contributed by atoms with E-state index < -0.39 is 0 Å². The molecule has 0 unspecified atom stereocenters. The number of pyridine rings is 1. The van der Waals surface area contributed by atoms with Gasteiger partial charge < -0.3 is 15.0 Å². The maximum atomic E-state index is 12.9. The number of anilines is 1. The van der Waals surface area contributed by atoms with Crippen molar-refractivity contribution in [3.05, 3.63) is 60.3 Å². The highest BCUT2D eigenvalue weighted by Gasteiger charge is 2.29. The van der Waals surface area contributed by atoms with Gasteiger partial charge in [0, 0.05) is 51.5 Å². The highest BCUT2D eigenvalue weighted by molar-refractivity contribution is 5.78. The number of hydrogen-bond acceptors (Lipinski definition) is 6. The van der Waals surface area contributed by atoms with Crippen LogP contribution in [0.5, 0.6) is 0 Å². The number of ether oxygens (including phenoxy) is 1. The van der Waals surface area contributed by atoms with Crippen molar-refractivity contribution in [1.29, 1.82) is 0 Å². The van der Waals surface area contributed by atoms with Crippen molar-refractivity contribution in [2.45, 2.75) is 19.0 Å². The van der Waals surface area contributed by atoms with E-state index in [1.165, 1.54) is 5.56 Å². The van der Waals surface area contributed by atoms with Crippen molar-refractivity contribution in [1.82, 2.24) is 20.1 Å². The van der Waals surface area contributed by atoms with Gasteiger partial charge in [-0.2, -0.15) is 0 Å². The number of carbonyl (C=O) groups excluding carboxylic acids is 1. The Labute approximate surface area is 185 Å². The maximum absolute atomic E-state index is 12.9. The number of carbonyl (C=O) groups is 1. The topological polar surface area (TPSA) is 60.9 Å². The number of nitrogens with one attached hydrogen (secondary N) is 1. The maximum Gasteiger partial charge on any atom is 0.234 e. The molecule has 0 bridgehead atoms. The largest absolute Gasteiger partial charge is 0.379 e. The Balaban J connectivity index is 1.31. The van der Waals surface area contributed by atoms with Gasteiger partial charge in [0.1, 0.15) is 5.82 Å². The molecular weight excluding hydrogens is 390 g/mol. The van der Waals surface area contributed by atoms with Gasteiger partial charge in [-0.3, -0.25) is 14.6 Å². The number of morpholine rings is 1. The number of nitrogens with zero attached hydrogens (tertiary/aromatic N) is 4. The van der Waals surface area contributed by atoms with Crippen LogP contribution < -0.4 is 10.2 Å². The van der Waals surface area contributed by atoms with Crippen LogP contribution in [0.25, 0.3) is 0 Å². The fourth-order valence-corrected chi connectivity index (χ4v) is 4.58. The van der Waals surface area contributed by atoms with E-state index in [1.54, 1.807) is 0 Å². The number of amides is 1. The molecule has 2 saturated heterocycles. The highest BCUT2D eigenvalue weighted by Crippen LogP contribution is 2.25. The van der Waals surface area contributed by atoms with Gasteiger partial charge in [-0.1, -0.05) is 36.4 Å². The third-order valence-corrected chi connectivity index (χ3v) is 6.16. The minimum absolute atomic E-state index is 0.0165. The Kier molecular flexibility index (Phi) is 7.51. The fraction of sp³-hybridized carbons (Fsp3) is 0.500. The monoisotopic (exact) mass is 423 g/mol. The van der Waals surface area contributed by atoms with E-state index in [-0.39, 0.29) is 18.0 Å². The molecule has 2 atom stereocenters. The molecule has 1 aromatic carbocycles. The van der Waals surface area contributed by atoms with E-state index in [1.807, 2.05) is 30.5 Å². The molecule has 7 nitrogen and oxygen atoms in total. The molecule has 166 valence electrons. The third kappa shape index (κ3) is 5.81. The first kappa shape index (κ1) is 21.7. The number of rotatable bonds is 7. The van der Waals surface area contributed by atoms with Crippen molar-refractivity contribution in [3.8, 4) is 0 Å². The molecule has 1 aromatic heterocycles. The minimum atomic E-state index is 0.0165. The van der Waals surface area contributed by atoms with Crippen molar-refractivity contribution in [2.75, 3.05) is 63.9 Å². The zero-order valence-electron chi connectivity index (χ0n) is 18.3. The summed E-state index contributed by atoms with van der Waals surface area (Å²) in [7, 11) is 0. The zero-order valence-corrected chi connectivity index (χ0v) is 18.3. The lowest BCUT2D eigenvalue weighted by molar-refractivity contribution is -0.123. The Morgan fingerprint density at radius 2 is 1.71 bits per heavy atom. The number of benzene rings is 1. The number of hydrogen-bond donors (Lipinski definition) is 1. The number of aromatic nitrogens is 1. The fourth-order valence-electron chi connectivity index (χ4n) is 4.58. The molecule has 2 aliphatic rings. The Bertz CT molecular complexity index is 805. The average molecular weight is 424 g/mol. The summed E-state index contributed by atoms with van der Waals surface area (Å²) in [6, 6.07) is 16.6. The van der Waals surface area contributed by atoms with Crippen LogP contribution in [-0.4, -0.2) is 85.8 Å². The van der Waals surface area contributed by atoms with Gasteiger partial charge in [0.2, 0.25) is 5.91 Å². The van der Waals surface area contributed by atoms with Gasteiger partial charge in [-0.25, -0.2) is 4.98 Å². The molecule has 2 aromatic rings. The van der Waals surface area contributed by atoms with Crippen LogP contribution in [0.2, 0.25) is 0 Å². The molecule has 0 radical (unpaired) electrons. The van der Waals surface area contributed by atoms with Crippen LogP contribution in [0, 0.1) is 0 Å². The van der Waals surface area contributed by atoms with Crippen molar-refractivity contribution in [3.63, 3.8) is 0 Å². The molecule has 0 saturated carbocycles. The Hall–Kier alpha value is -2.48. The van der Waals surface area contributed by atoms with Crippen LogP contribution in [0.1, 0.15) is 18.5 Å². The lowest BCUT2D eigenvalue weighted by Crippen LogP contribution is -2.52. The van der Waals surface area contributed by atoms with Crippen LogP contribution in [-0.2, 0) is 9.53 Å². The quantitative estimate of drug-likeness (QED) is 0.733. The van der Waals surface area contributed by atoms with Crippen molar-refractivity contribution in [2.24, 2.45) is 0 Å². The second-order valence-corrected chi connectivity index (χ2v) is 8.31. The SMILES string of the molecule is C[C@H](NC(=O)CN1CCN(c2ccccn2)CC1)[C@H](c1ccccc1)N1CCOCC1. The highest BCUT2D eigenvalue weighted by atomic mass is 16.5. The second-order valence-electron chi connectivity index (χ2n) is 8.31. The first-order chi connectivity index (χ1) is 15.2. The van der Waals surface area contributed by atoms with E-state index in [0.717, 1.165) is 58.3 Å². The standard InChI is InChI=1S/C24H33N5O2/c1-20(24(21-7-3-2-4-8-21)29-15-17-31-18-16-29)26-23(30)19-27-11-13-28(14-12-27)22-9-5-6-10-25-22/h2-10,20,24H,11-19H2,1H3,(H,26,30)/t20-,24+/m0/s1. The van der Waals surface area contributed by atoms with E-state index in [9.17, 15) is 4.79 Å². The van der Waals surface area contributed by atoms with Gasteiger partial charge in [0.05, 0.1) is 25.8 Å². The molecule has 4 rings (SSSR count). The molecule has 2 fully saturated rings. The van der Waals surface area contributed by atoms with Gasteiger partial charge >= 0.3 is 0 Å². The van der Waals surface area contributed by atoms with Crippen LogP contribution in [0.3, 0.4) is 0 Å². The first-order valence-corrected chi connectivity index (χ1v) is 11.2. The lowest BCUT2D eigenvalue weighted by Gasteiger charge is -2.39. The molecule has 1 amide bonds. The molecule has 0 spiro atoms. The summed E-state index contributed by atoms with van der Waals surface area (Å²) < 4.78 is 5.54. The molecule has 7 heteroatoms. The predicted octanol–water partition coefficient (Wildman–Crippen LogP) is 1.78. The van der Waals surface area contributed by atoms with E-state index >= 15 is 0 Å². The molecule has 2 aliphatic heterocycles. The summed E-state index contributed by atoms with van der Waals surface area (Å²) in [6.45, 7) is 9.31. The van der Waals surface area contributed by atoms with Crippen LogP contribution in [0.15, 0.2) is 54.7 Å². The summed E-state index contributed by atoms with van der Waals surface area (Å²) >= 11 is 0. The second kappa shape index (κ2) is 10.7. The predicted molar refractivity (Wildman–Crippen MR) is 122 cm³/mol. The molecular formula is C24H33N5O2. The summed E-state index contributed by atoms with van der Waals surface area (Å²) in [5, 5.41) is 3.28. The van der Waals surface area contributed by atoms with E-state index in [4.69, 9.17) is 4.74 Å². The first-order valence-electron chi connectivity index (χ1n) is 11.2. The van der Waals surface area contributed by atoms with Crippen molar-refractivity contribution >= 4 is 11.7 Å². The average Bonchev–Trinajstić information content (AvgIpc) is 2.82. The summed E-state index contributed by atoms with van der Waals surface area (Å²) in [5.41, 5.74) is 1.24. The van der Waals surface area contributed by atoms with Crippen molar-refractivity contribution < 1.29 is 9.53 Å². The third-order valence-electron chi connectivity index (χ3n) is 6.16. The summed E-state index contributed by atoms with van der Waals surface area (Å²) in [5.74, 6) is 1.10. The normalized spacial score (nSPS) is 20.2. The molecule has 0 aliphatic carbocycles. The molecule has 1 N–H and O–H groups in total. The summed E-state index contributed by atoms with van der Waals surface area (Å²) in [6.07, 6.45) is 1.83. The van der Waals surface area contributed by atoms with E-state index in [2.05, 4.69) is 56.2 Å². The van der Waals surface area contributed by atoms with Gasteiger partial charge in [-0.05, 0) is 24.6 Å². The molecule has 3 heterocycles. The van der Waals surface area contributed by atoms with Crippen LogP contribution in [0.4, 0.5) is 5.82 Å². The summed E-state index contributed by atoms with van der Waals surface area (Å²) in [4.78, 5) is 24.2. The van der Waals surface area contributed by atoms with Crippen LogP contribution >= 0.6 is 0 Å². The Morgan fingerprint density at radius 3 is 2.39 bits per heavy atom. The lowest BCUT2D eigenvalue weighted by atomic mass is 9.98. The number of piperazine rings is 1. The van der Waals surface area contributed by atoms with Gasteiger partial charge in [0.15, 0.2) is 0 Å². The smallest absolute Gasteiger partial charge is 0.234 e. The zero-order chi connectivity index (χ0) is 21.5. The molecule has 31 heavy (non-hydrogen) atoms. The van der Waals surface area contributed by atoms with Gasteiger partial charge in [-0.15, -0.1) is 0 Å². The van der Waals surface area contributed by atoms with Gasteiger partial charge in [0.25, 0.3) is 0 Å². The minimum Gasteiger partial charge on any atom is -0.379 e. The van der Waals surface area contributed by atoms with E-state index in [0.29, 0.717) is 6.54 Å².